The second-order valence-corrected chi connectivity index (χ2v) is 7.09. The Hall–Kier alpha value is -3.87. The van der Waals surface area contributed by atoms with E-state index < -0.39 is 11.6 Å². The summed E-state index contributed by atoms with van der Waals surface area (Å²) in [5, 5.41) is 11.0. The Bertz CT molecular complexity index is 1200. The molecule has 0 fully saturated rings. The van der Waals surface area contributed by atoms with Crippen molar-refractivity contribution in [2.75, 3.05) is 6.54 Å². The van der Waals surface area contributed by atoms with Crippen LogP contribution >= 0.6 is 0 Å². The van der Waals surface area contributed by atoms with Gasteiger partial charge in [-0.3, -0.25) is 4.79 Å². The van der Waals surface area contributed by atoms with Crippen molar-refractivity contribution in [1.29, 1.82) is 0 Å². The lowest BCUT2D eigenvalue weighted by molar-refractivity contribution is 0.0954. The number of nitrogens with zero attached hydrogens (tertiary/aromatic N) is 2. The lowest BCUT2D eigenvalue weighted by atomic mass is 10.1. The first-order valence-corrected chi connectivity index (χ1v) is 9.73. The zero-order valence-electron chi connectivity index (χ0n) is 16.7. The van der Waals surface area contributed by atoms with Crippen molar-refractivity contribution < 1.29 is 18.0 Å². The third-order valence-corrected chi connectivity index (χ3v) is 4.82. The van der Waals surface area contributed by atoms with Gasteiger partial charge < -0.3 is 9.73 Å². The summed E-state index contributed by atoms with van der Waals surface area (Å²) in [6, 6.07) is 17.8. The molecule has 0 atom stereocenters. The largest absolute Gasteiger partial charge is 0.416 e. The summed E-state index contributed by atoms with van der Waals surface area (Å²) in [7, 11) is 0. The maximum Gasteiger partial charge on any atom is 0.251 e. The van der Waals surface area contributed by atoms with Crippen LogP contribution in [0, 0.1) is 18.6 Å². The number of carbonyl (C=O) groups is 1. The quantitative estimate of drug-likeness (QED) is 0.480. The van der Waals surface area contributed by atoms with E-state index in [0.29, 0.717) is 34.9 Å². The average Bonchev–Trinajstić information content (AvgIpc) is 3.23. The molecule has 0 radical (unpaired) electrons. The standard InChI is InChI=1S/C24H19F2N3O2/c1-15-4-2-3-5-21(15)24-29-28-23(31-24)18-8-6-17(7-9-18)22(30)27-11-10-16-12-19(25)14-20(26)13-16/h2-9,12-14H,10-11H2,1H3,(H,27,30). The molecule has 0 aliphatic heterocycles. The monoisotopic (exact) mass is 419 g/mol. The van der Waals surface area contributed by atoms with Crippen LogP contribution in [0.5, 0.6) is 0 Å². The van der Waals surface area contributed by atoms with Crippen molar-refractivity contribution in [3.05, 3.63) is 95.1 Å². The maximum atomic E-state index is 13.2. The van der Waals surface area contributed by atoms with Gasteiger partial charge in [0.05, 0.1) is 0 Å². The minimum Gasteiger partial charge on any atom is -0.416 e. The van der Waals surface area contributed by atoms with Gasteiger partial charge in [-0.2, -0.15) is 0 Å². The molecule has 1 N–H and O–H groups in total. The molecule has 4 aromatic rings. The van der Waals surface area contributed by atoms with E-state index in [1.54, 1.807) is 24.3 Å². The molecule has 7 heteroatoms. The molecular formula is C24H19F2N3O2. The van der Waals surface area contributed by atoms with Crippen LogP contribution in [0.25, 0.3) is 22.9 Å². The number of carbonyl (C=O) groups excluding carboxylic acids is 1. The molecule has 0 bridgehead atoms. The Labute approximate surface area is 177 Å². The Morgan fingerprint density at radius 3 is 2.32 bits per heavy atom. The number of aromatic nitrogens is 2. The van der Waals surface area contributed by atoms with Crippen LogP contribution in [0.1, 0.15) is 21.5 Å². The van der Waals surface area contributed by atoms with E-state index in [1.807, 2.05) is 31.2 Å². The molecule has 31 heavy (non-hydrogen) atoms. The molecule has 5 nitrogen and oxygen atoms in total. The fourth-order valence-electron chi connectivity index (χ4n) is 3.20. The van der Waals surface area contributed by atoms with E-state index in [-0.39, 0.29) is 12.5 Å². The van der Waals surface area contributed by atoms with Gasteiger partial charge in [0.1, 0.15) is 11.6 Å². The number of benzene rings is 3. The molecule has 0 unspecified atom stereocenters. The van der Waals surface area contributed by atoms with E-state index >= 15 is 0 Å². The third-order valence-electron chi connectivity index (χ3n) is 4.82. The summed E-state index contributed by atoms with van der Waals surface area (Å²) >= 11 is 0. The molecular weight excluding hydrogens is 400 g/mol. The van der Waals surface area contributed by atoms with Gasteiger partial charge in [0, 0.05) is 29.3 Å². The third kappa shape index (κ3) is 4.83. The number of halogens is 2. The summed E-state index contributed by atoms with van der Waals surface area (Å²) in [4.78, 5) is 12.3. The zero-order chi connectivity index (χ0) is 21.8. The van der Waals surface area contributed by atoms with Crippen molar-refractivity contribution in [1.82, 2.24) is 15.5 Å². The van der Waals surface area contributed by atoms with E-state index in [0.717, 1.165) is 17.2 Å². The molecule has 4 rings (SSSR count). The molecule has 0 aliphatic carbocycles. The van der Waals surface area contributed by atoms with Gasteiger partial charge in [-0.05, 0) is 66.9 Å². The topological polar surface area (TPSA) is 68.0 Å². The van der Waals surface area contributed by atoms with Crippen molar-refractivity contribution in [3.63, 3.8) is 0 Å². The second kappa shape index (κ2) is 8.87. The van der Waals surface area contributed by atoms with Crippen LogP contribution in [-0.2, 0) is 6.42 Å². The first kappa shape index (κ1) is 20.4. The van der Waals surface area contributed by atoms with Crippen LogP contribution in [0.3, 0.4) is 0 Å². The van der Waals surface area contributed by atoms with Crippen LogP contribution in [0.2, 0.25) is 0 Å². The van der Waals surface area contributed by atoms with E-state index in [2.05, 4.69) is 15.5 Å². The number of hydrogen-bond acceptors (Lipinski definition) is 4. The fraction of sp³-hybridized carbons (Fsp3) is 0.125. The second-order valence-electron chi connectivity index (χ2n) is 7.09. The smallest absolute Gasteiger partial charge is 0.251 e. The zero-order valence-corrected chi connectivity index (χ0v) is 16.7. The van der Waals surface area contributed by atoms with Gasteiger partial charge in [0.2, 0.25) is 11.8 Å². The van der Waals surface area contributed by atoms with Gasteiger partial charge in [0.15, 0.2) is 0 Å². The average molecular weight is 419 g/mol. The minimum absolute atomic E-state index is 0.257. The van der Waals surface area contributed by atoms with Crippen LogP contribution < -0.4 is 5.32 Å². The normalized spacial score (nSPS) is 10.8. The lowest BCUT2D eigenvalue weighted by Gasteiger charge is -2.06. The number of aryl methyl sites for hydroxylation is 1. The number of nitrogens with one attached hydrogen (secondary N) is 1. The van der Waals surface area contributed by atoms with Gasteiger partial charge in [-0.25, -0.2) is 8.78 Å². The van der Waals surface area contributed by atoms with Crippen molar-refractivity contribution in [3.8, 4) is 22.9 Å². The highest BCUT2D eigenvalue weighted by atomic mass is 19.1. The van der Waals surface area contributed by atoms with Crippen molar-refractivity contribution >= 4 is 5.91 Å². The predicted octanol–water partition coefficient (Wildman–Crippen LogP) is 4.96. The minimum atomic E-state index is -0.636. The van der Waals surface area contributed by atoms with Crippen LogP contribution in [-0.4, -0.2) is 22.6 Å². The fourth-order valence-corrected chi connectivity index (χ4v) is 3.20. The Balaban J connectivity index is 1.39. The van der Waals surface area contributed by atoms with E-state index in [4.69, 9.17) is 4.42 Å². The molecule has 0 saturated heterocycles. The lowest BCUT2D eigenvalue weighted by Crippen LogP contribution is -2.25. The Morgan fingerprint density at radius 1 is 0.935 bits per heavy atom. The highest BCUT2D eigenvalue weighted by Gasteiger charge is 2.13. The van der Waals surface area contributed by atoms with Crippen LogP contribution in [0.15, 0.2) is 71.1 Å². The molecule has 1 aromatic heterocycles. The summed E-state index contributed by atoms with van der Waals surface area (Å²) in [5.74, 6) is -0.761. The number of amides is 1. The first-order valence-electron chi connectivity index (χ1n) is 9.73. The molecule has 1 amide bonds. The van der Waals surface area contributed by atoms with Gasteiger partial charge >= 0.3 is 0 Å². The Kier molecular flexibility index (Phi) is 5.84. The van der Waals surface area contributed by atoms with Gasteiger partial charge in [0.25, 0.3) is 5.91 Å². The van der Waals surface area contributed by atoms with Gasteiger partial charge in [-0.1, -0.05) is 18.2 Å². The summed E-state index contributed by atoms with van der Waals surface area (Å²) in [6.45, 7) is 2.23. The maximum absolute atomic E-state index is 13.2. The molecule has 0 aliphatic rings. The number of hydrogen-bond donors (Lipinski definition) is 1. The molecule has 0 spiro atoms. The number of rotatable bonds is 6. The summed E-state index contributed by atoms with van der Waals surface area (Å²) in [6.07, 6.45) is 0.322. The highest BCUT2D eigenvalue weighted by Crippen LogP contribution is 2.26. The van der Waals surface area contributed by atoms with Crippen LogP contribution in [0.4, 0.5) is 8.78 Å². The first-order chi connectivity index (χ1) is 15.0. The highest BCUT2D eigenvalue weighted by molar-refractivity contribution is 5.94. The Morgan fingerprint density at radius 2 is 1.61 bits per heavy atom. The van der Waals surface area contributed by atoms with E-state index in [1.165, 1.54) is 12.1 Å². The SMILES string of the molecule is Cc1ccccc1-c1nnc(-c2ccc(C(=O)NCCc3cc(F)cc(F)c3)cc2)o1. The summed E-state index contributed by atoms with van der Waals surface area (Å²) in [5.41, 5.74) is 3.53. The molecule has 3 aromatic carbocycles. The molecule has 1 heterocycles. The van der Waals surface area contributed by atoms with Crippen molar-refractivity contribution in [2.24, 2.45) is 0 Å². The molecule has 156 valence electrons. The predicted molar refractivity (Wildman–Crippen MR) is 112 cm³/mol. The van der Waals surface area contributed by atoms with E-state index in [9.17, 15) is 13.6 Å². The van der Waals surface area contributed by atoms with Gasteiger partial charge in [-0.15, -0.1) is 10.2 Å². The summed E-state index contributed by atoms with van der Waals surface area (Å²) < 4.78 is 32.2. The van der Waals surface area contributed by atoms with Crippen molar-refractivity contribution in [2.45, 2.75) is 13.3 Å². The molecule has 0 saturated carbocycles.